The minimum absolute atomic E-state index is 0.512. The van der Waals surface area contributed by atoms with Gasteiger partial charge in [-0.05, 0) is 49.2 Å². The van der Waals surface area contributed by atoms with Gasteiger partial charge in [-0.25, -0.2) is 0 Å². The Balaban J connectivity index is 1.38. The molecule has 6 nitrogen and oxygen atoms in total. The van der Waals surface area contributed by atoms with Gasteiger partial charge in [0.2, 0.25) is 0 Å². The average Bonchev–Trinajstić information content (AvgIpc) is 3.45. The summed E-state index contributed by atoms with van der Waals surface area (Å²) in [6.45, 7) is 0.610. The maximum Gasteiger partial charge on any atom is 0.191 e. The van der Waals surface area contributed by atoms with Gasteiger partial charge in [0.25, 0.3) is 0 Å². The highest BCUT2D eigenvalue weighted by molar-refractivity contribution is 7.99. The first-order chi connectivity index (χ1) is 12.8. The lowest BCUT2D eigenvalue weighted by Crippen LogP contribution is -2.03. The SMILES string of the molecule is COc1ccc(OCCSc2nnc(-c3ccncc3)n2C2CC2)cc1. The van der Waals surface area contributed by atoms with Crippen molar-refractivity contribution in [2.75, 3.05) is 19.5 Å². The molecule has 134 valence electrons. The van der Waals surface area contributed by atoms with E-state index in [-0.39, 0.29) is 0 Å². The molecule has 0 unspecified atom stereocenters. The molecule has 3 aromatic rings. The van der Waals surface area contributed by atoms with Crippen LogP contribution in [0.1, 0.15) is 18.9 Å². The summed E-state index contributed by atoms with van der Waals surface area (Å²) >= 11 is 1.68. The normalized spacial score (nSPS) is 13.6. The zero-order valence-corrected chi connectivity index (χ0v) is 15.4. The van der Waals surface area contributed by atoms with Crippen molar-refractivity contribution in [3.05, 3.63) is 48.8 Å². The number of hydrogen-bond donors (Lipinski definition) is 0. The van der Waals surface area contributed by atoms with Crippen LogP contribution in [0, 0.1) is 0 Å². The van der Waals surface area contributed by atoms with Crippen LogP contribution in [0.15, 0.2) is 53.9 Å². The molecule has 0 amide bonds. The molecular formula is C19H20N4O2S. The molecule has 1 saturated carbocycles. The second kappa shape index (κ2) is 7.78. The maximum atomic E-state index is 5.79. The van der Waals surface area contributed by atoms with Gasteiger partial charge in [-0.2, -0.15) is 0 Å². The second-order valence-corrected chi connectivity index (χ2v) is 7.08. The molecule has 26 heavy (non-hydrogen) atoms. The number of ether oxygens (including phenoxy) is 2. The molecule has 0 aliphatic heterocycles. The first-order valence-corrected chi connectivity index (χ1v) is 9.58. The van der Waals surface area contributed by atoms with Crippen LogP contribution < -0.4 is 9.47 Å². The van der Waals surface area contributed by atoms with Crippen molar-refractivity contribution in [1.82, 2.24) is 19.7 Å². The standard InChI is InChI=1S/C19H20N4O2S/c1-24-16-4-6-17(7-5-16)25-12-13-26-19-22-21-18(23(19)15-2-3-15)14-8-10-20-11-9-14/h4-11,15H,2-3,12-13H2,1H3. The lowest BCUT2D eigenvalue weighted by Gasteiger charge is -2.09. The van der Waals surface area contributed by atoms with Gasteiger partial charge < -0.3 is 9.47 Å². The fraction of sp³-hybridized carbons (Fsp3) is 0.316. The van der Waals surface area contributed by atoms with Gasteiger partial charge in [-0.15, -0.1) is 10.2 Å². The Bertz CT molecular complexity index is 848. The zero-order chi connectivity index (χ0) is 17.8. The summed E-state index contributed by atoms with van der Waals surface area (Å²) in [6, 6.07) is 12.1. The molecular weight excluding hydrogens is 348 g/mol. The van der Waals surface area contributed by atoms with Crippen molar-refractivity contribution in [1.29, 1.82) is 0 Å². The Hall–Kier alpha value is -2.54. The summed E-state index contributed by atoms with van der Waals surface area (Å²) in [6.07, 6.45) is 5.95. The summed E-state index contributed by atoms with van der Waals surface area (Å²) < 4.78 is 13.2. The molecule has 7 heteroatoms. The van der Waals surface area contributed by atoms with Crippen LogP contribution in [-0.4, -0.2) is 39.2 Å². The van der Waals surface area contributed by atoms with Gasteiger partial charge >= 0.3 is 0 Å². The molecule has 2 aromatic heterocycles. The Labute approximate surface area is 156 Å². The highest BCUT2D eigenvalue weighted by atomic mass is 32.2. The van der Waals surface area contributed by atoms with Gasteiger partial charge in [-0.1, -0.05) is 11.8 Å². The number of hydrogen-bond acceptors (Lipinski definition) is 6. The molecule has 1 fully saturated rings. The number of methoxy groups -OCH3 is 1. The highest BCUT2D eigenvalue weighted by Crippen LogP contribution is 2.40. The molecule has 0 saturated heterocycles. The van der Waals surface area contributed by atoms with E-state index in [4.69, 9.17) is 9.47 Å². The van der Waals surface area contributed by atoms with E-state index in [1.54, 1.807) is 31.3 Å². The van der Waals surface area contributed by atoms with E-state index in [0.29, 0.717) is 12.6 Å². The van der Waals surface area contributed by atoms with Crippen LogP contribution in [0.4, 0.5) is 0 Å². The first kappa shape index (κ1) is 16.9. The van der Waals surface area contributed by atoms with E-state index in [2.05, 4.69) is 19.7 Å². The highest BCUT2D eigenvalue weighted by Gasteiger charge is 2.30. The molecule has 2 heterocycles. The minimum Gasteiger partial charge on any atom is -0.497 e. The van der Waals surface area contributed by atoms with Crippen LogP contribution >= 0.6 is 11.8 Å². The van der Waals surface area contributed by atoms with Crippen LogP contribution in [0.2, 0.25) is 0 Å². The van der Waals surface area contributed by atoms with Crippen molar-refractivity contribution in [3.63, 3.8) is 0 Å². The average molecular weight is 368 g/mol. The zero-order valence-electron chi connectivity index (χ0n) is 14.5. The van der Waals surface area contributed by atoms with E-state index in [9.17, 15) is 0 Å². The lowest BCUT2D eigenvalue weighted by molar-refractivity contribution is 0.342. The molecule has 1 aromatic carbocycles. The number of thioether (sulfide) groups is 1. The van der Waals surface area contributed by atoms with Gasteiger partial charge in [-0.3, -0.25) is 9.55 Å². The Morgan fingerprint density at radius 3 is 2.46 bits per heavy atom. The summed E-state index contributed by atoms with van der Waals surface area (Å²) in [5.41, 5.74) is 1.06. The number of rotatable bonds is 8. The lowest BCUT2D eigenvalue weighted by atomic mass is 10.2. The summed E-state index contributed by atoms with van der Waals surface area (Å²) in [4.78, 5) is 4.08. The molecule has 4 rings (SSSR count). The topological polar surface area (TPSA) is 62.1 Å². The molecule has 0 radical (unpaired) electrons. The molecule has 0 spiro atoms. The quantitative estimate of drug-likeness (QED) is 0.444. The predicted octanol–water partition coefficient (Wildman–Crippen LogP) is 3.85. The molecule has 0 atom stereocenters. The van der Waals surface area contributed by atoms with Gasteiger partial charge in [0, 0.05) is 29.8 Å². The Morgan fingerprint density at radius 2 is 1.77 bits per heavy atom. The Morgan fingerprint density at radius 1 is 1.04 bits per heavy atom. The van der Waals surface area contributed by atoms with Crippen LogP contribution in [0.3, 0.4) is 0 Å². The van der Waals surface area contributed by atoms with Gasteiger partial charge in [0.05, 0.1) is 13.7 Å². The number of aromatic nitrogens is 4. The smallest absolute Gasteiger partial charge is 0.191 e. The fourth-order valence-electron chi connectivity index (χ4n) is 2.70. The van der Waals surface area contributed by atoms with Gasteiger partial charge in [0.15, 0.2) is 11.0 Å². The number of nitrogens with zero attached hydrogens (tertiary/aromatic N) is 4. The van der Waals surface area contributed by atoms with Crippen LogP contribution in [0.25, 0.3) is 11.4 Å². The third-order valence-corrected chi connectivity index (χ3v) is 5.07. The summed E-state index contributed by atoms with van der Waals surface area (Å²) in [5, 5.41) is 9.77. The number of pyridine rings is 1. The van der Waals surface area contributed by atoms with E-state index in [1.807, 2.05) is 36.4 Å². The van der Waals surface area contributed by atoms with Crippen molar-refractivity contribution in [2.45, 2.75) is 24.0 Å². The minimum atomic E-state index is 0.512. The number of benzene rings is 1. The molecule has 0 bridgehead atoms. The molecule has 0 N–H and O–H groups in total. The van der Waals surface area contributed by atoms with Crippen LogP contribution in [0.5, 0.6) is 11.5 Å². The summed E-state index contributed by atoms with van der Waals surface area (Å²) in [5.74, 6) is 3.40. The maximum absolute atomic E-state index is 5.79. The van der Waals surface area contributed by atoms with Crippen LogP contribution in [-0.2, 0) is 0 Å². The van der Waals surface area contributed by atoms with Crippen molar-refractivity contribution in [3.8, 4) is 22.9 Å². The monoisotopic (exact) mass is 368 g/mol. The molecule has 1 aliphatic carbocycles. The van der Waals surface area contributed by atoms with Crippen molar-refractivity contribution >= 4 is 11.8 Å². The van der Waals surface area contributed by atoms with Crippen molar-refractivity contribution < 1.29 is 9.47 Å². The van der Waals surface area contributed by atoms with E-state index in [1.165, 1.54) is 12.8 Å². The Kier molecular flexibility index (Phi) is 5.06. The van der Waals surface area contributed by atoms with Crippen molar-refractivity contribution in [2.24, 2.45) is 0 Å². The predicted molar refractivity (Wildman–Crippen MR) is 101 cm³/mol. The largest absolute Gasteiger partial charge is 0.497 e. The van der Waals surface area contributed by atoms with E-state index < -0.39 is 0 Å². The second-order valence-electron chi connectivity index (χ2n) is 6.02. The third-order valence-electron chi connectivity index (χ3n) is 4.16. The first-order valence-electron chi connectivity index (χ1n) is 8.60. The third kappa shape index (κ3) is 3.83. The van der Waals surface area contributed by atoms with E-state index in [0.717, 1.165) is 33.8 Å². The van der Waals surface area contributed by atoms with E-state index >= 15 is 0 Å². The summed E-state index contributed by atoms with van der Waals surface area (Å²) in [7, 11) is 1.66. The fourth-order valence-corrected chi connectivity index (χ4v) is 3.52. The van der Waals surface area contributed by atoms with Gasteiger partial charge in [0.1, 0.15) is 11.5 Å². The molecule has 1 aliphatic rings.